The van der Waals surface area contributed by atoms with E-state index in [1.54, 1.807) is 0 Å². The van der Waals surface area contributed by atoms with Crippen molar-refractivity contribution in [2.24, 2.45) is 23.7 Å². The van der Waals surface area contributed by atoms with Gasteiger partial charge in [-0.3, -0.25) is 4.79 Å². The third kappa shape index (κ3) is 2.40. The van der Waals surface area contributed by atoms with Crippen LogP contribution in [0.4, 0.5) is 0 Å². The fourth-order valence-corrected chi connectivity index (χ4v) is 2.92. The number of aliphatic carboxylic acids is 1. The van der Waals surface area contributed by atoms with Gasteiger partial charge in [0.2, 0.25) is 0 Å². The van der Waals surface area contributed by atoms with Crippen molar-refractivity contribution in [2.75, 3.05) is 6.54 Å². The average Bonchev–Trinajstić information content (AvgIpc) is 3.13. The Kier molecular flexibility index (Phi) is 2.66. The zero-order valence-corrected chi connectivity index (χ0v) is 9.69. The fourth-order valence-electron chi connectivity index (χ4n) is 2.92. The molecule has 0 radical (unpaired) electrons. The Hall–Kier alpha value is -0.570. The molecule has 0 saturated heterocycles. The quantitative estimate of drug-likeness (QED) is 0.693. The van der Waals surface area contributed by atoms with Crippen molar-refractivity contribution in [1.29, 1.82) is 0 Å². The van der Waals surface area contributed by atoms with Crippen molar-refractivity contribution in [2.45, 2.75) is 44.6 Å². The zero-order valence-electron chi connectivity index (χ0n) is 9.69. The van der Waals surface area contributed by atoms with Crippen LogP contribution in [0.3, 0.4) is 0 Å². The second-order valence-corrected chi connectivity index (χ2v) is 5.90. The second kappa shape index (κ2) is 4.02. The first kappa shape index (κ1) is 10.6. The molecule has 0 bridgehead atoms. The first-order chi connectivity index (χ1) is 7.75. The molecule has 16 heavy (non-hydrogen) atoms. The number of rotatable bonds is 7. The minimum absolute atomic E-state index is 0.264. The van der Waals surface area contributed by atoms with E-state index in [-0.39, 0.29) is 6.04 Å². The van der Waals surface area contributed by atoms with Crippen LogP contribution in [0.5, 0.6) is 0 Å². The molecule has 3 heteroatoms. The molecule has 3 nitrogen and oxygen atoms in total. The van der Waals surface area contributed by atoms with Crippen LogP contribution in [-0.4, -0.2) is 23.7 Å². The maximum Gasteiger partial charge on any atom is 0.320 e. The van der Waals surface area contributed by atoms with Crippen molar-refractivity contribution in [3.8, 4) is 0 Å². The lowest BCUT2D eigenvalue weighted by Crippen LogP contribution is -2.41. The van der Waals surface area contributed by atoms with Gasteiger partial charge >= 0.3 is 5.97 Å². The van der Waals surface area contributed by atoms with Crippen LogP contribution in [0.1, 0.15) is 38.5 Å². The topological polar surface area (TPSA) is 49.3 Å². The SMILES string of the molecule is O=C(O)C(NCC(C1CC1)C1CC1)C1CC1. The zero-order chi connectivity index (χ0) is 11.1. The van der Waals surface area contributed by atoms with E-state index in [0.717, 1.165) is 37.1 Å². The fraction of sp³-hybridized carbons (Fsp3) is 0.923. The summed E-state index contributed by atoms with van der Waals surface area (Å²) in [5.41, 5.74) is 0. The van der Waals surface area contributed by atoms with Gasteiger partial charge in [0.1, 0.15) is 6.04 Å². The van der Waals surface area contributed by atoms with Gasteiger partial charge in [0.05, 0.1) is 0 Å². The van der Waals surface area contributed by atoms with Gasteiger partial charge in [-0.25, -0.2) is 0 Å². The Morgan fingerprint density at radius 2 is 1.56 bits per heavy atom. The van der Waals surface area contributed by atoms with E-state index in [0.29, 0.717) is 5.92 Å². The molecular weight excluding hydrogens is 202 g/mol. The predicted molar refractivity (Wildman–Crippen MR) is 61.1 cm³/mol. The lowest BCUT2D eigenvalue weighted by atomic mass is 9.97. The number of hydrogen-bond donors (Lipinski definition) is 2. The van der Waals surface area contributed by atoms with Gasteiger partial charge in [-0.1, -0.05) is 0 Å². The summed E-state index contributed by atoms with van der Waals surface area (Å²) in [6, 6.07) is -0.264. The molecule has 2 N–H and O–H groups in total. The lowest BCUT2D eigenvalue weighted by Gasteiger charge is -2.20. The van der Waals surface area contributed by atoms with Crippen LogP contribution in [0.25, 0.3) is 0 Å². The van der Waals surface area contributed by atoms with Crippen LogP contribution in [0.2, 0.25) is 0 Å². The van der Waals surface area contributed by atoms with E-state index in [9.17, 15) is 4.79 Å². The van der Waals surface area contributed by atoms with Crippen LogP contribution >= 0.6 is 0 Å². The molecule has 3 saturated carbocycles. The van der Waals surface area contributed by atoms with Crippen LogP contribution < -0.4 is 5.32 Å². The van der Waals surface area contributed by atoms with Crippen molar-refractivity contribution in [1.82, 2.24) is 5.32 Å². The number of hydrogen-bond acceptors (Lipinski definition) is 2. The van der Waals surface area contributed by atoms with Crippen molar-refractivity contribution in [3.05, 3.63) is 0 Å². The Balaban J connectivity index is 1.50. The van der Waals surface area contributed by atoms with Gasteiger partial charge in [-0.15, -0.1) is 0 Å². The third-order valence-electron chi connectivity index (χ3n) is 4.39. The monoisotopic (exact) mass is 223 g/mol. The highest BCUT2D eigenvalue weighted by atomic mass is 16.4. The van der Waals surface area contributed by atoms with Crippen LogP contribution in [0.15, 0.2) is 0 Å². The number of carbonyl (C=O) groups is 1. The Bertz CT molecular complexity index is 268. The van der Waals surface area contributed by atoms with Gasteiger partial charge in [0.15, 0.2) is 0 Å². The Labute approximate surface area is 96.6 Å². The number of carboxylic acids is 1. The normalized spacial score (nSPS) is 27.1. The van der Waals surface area contributed by atoms with E-state index >= 15 is 0 Å². The van der Waals surface area contributed by atoms with E-state index < -0.39 is 5.97 Å². The number of carboxylic acid groups (broad SMARTS) is 1. The molecule has 3 aliphatic carbocycles. The largest absolute Gasteiger partial charge is 0.480 e. The molecule has 3 rings (SSSR count). The van der Waals surface area contributed by atoms with Gasteiger partial charge < -0.3 is 10.4 Å². The minimum Gasteiger partial charge on any atom is -0.480 e. The summed E-state index contributed by atoms with van der Waals surface area (Å²) >= 11 is 0. The first-order valence-electron chi connectivity index (χ1n) is 6.72. The highest BCUT2D eigenvalue weighted by molar-refractivity contribution is 5.74. The molecule has 0 aromatic rings. The average molecular weight is 223 g/mol. The van der Waals surface area contributed by atoms with E-state index in [1.165, 1.54) is 25.7 Å². The smallest absolute Gasteiger partial charge is 0.320 e. The van der Waals surface area contributed by atoms with E-state index in [1.807, 2.05) is 0 Å². The standard InChI is InChI=1S/C13H21NO2/c15-13(16)12(10-5-6-10)14-7-11(8-1-2-8)9-3-4-9/h8-12,14H,1-7H2,(H,15,16). The Morgan fingerprint density at radius 1 is 1.06 bits per heavy atom. The maximum atomic E-state index is 11.1. The van der Waals surface area contributed by atoms with E-state index in [2.05, 4.69) is 5.32 Å². The molecule has 0 heterocycles. The molecule has 90 valence electrons. The molecule has 3 aliphatic rings. The molecule has 0 aliphatic heterocycles. The minimum atomic E-state index is -0.646. The molecule has 0 aromatic carbocycles. The highest BCUT2D eigenvalue weighted by Gasteiger charge is 2.43. The van der Waals surface area contributed by atoms with Crippen molar-refractivity contribution >= 4 is 5.97 Å². The van der Waals surface area contributed by atoms with Crippen molar-refractivity contribution in [3.63, 3.8) is 0 Å². The summed E-state index contributed by atoms with van der Waals surface area (Å²) < 4.78 is 0. The van der Waals surface area contributed by atoms with Gasteiger partial charge in [0, 0.05) is 0 Å². The third-order valence-corrected chi connectivity index (χ3v) is 4.39. The molecule has 1 unspecified atom stereocenters. The summed E-state index contributed by atoms with van der Waals surface area (Å²) in [5, 5.41) is 12.5. The summed E-state index contributed by atoms with van der Waals surface area (Å²) in [6.45, 7) is 0.947. The molecule has 1 atom stereocenters. The predicted octanol–water partition coefficient (Wildman–Crippen LogP) is 1.88. The first-order valence-corrected chi connectivity index (χ1v) is 6.72. The van der Waals surface area contributed by atoms with Gasteiger partial charge in [-0.05, 0) is 68.7 Å². The van der Waals surface area contributed by atoms with Crippen LogP contribution in [0, 0.1) is 23.7 Å². The van der Waals surface area contributed by atoms with Crippen molar-refractivity contribution < 1.29 is 9.90 Å². The summed E-state index contributed by atoms with van der Waals surface area (Å²) in [4.78, 5) is 11.1. The molecule has 0 amide bonds. The van der Waals surface area contributed by atoms with Crippen LogP contribution in [-0.2, 0) is 4.79 Å². The molecule has 0 spiro atoms. The highest BCUT2D eigenvalue weighted by Crippen LogP contribution is 2.49. The summed E-state index contributed by atoms with van der Waals surface area (Å²) in [7, 11) is 0. The molecular formula is C13H21NO2. The van der Waals surface area contributed by atoms with Gasteiger partial charge in [0.25, 0.3) is 0 Å². The lowest BCUT2D eigenvalue weighted by molar-refractivity contribution is -0.140. The molecule has 0 aromatic heterocycles. The Morgan fingerprint density at radius 3 is 1.94 bits per heavy atom. The number of nitrogens with one attached hydrogen (secondary N) is 1. The van der Waals surface area contributed by atoms with E-state index in [4.69, 9.17) is 5.11 Å². The second-order valence-electron chi connectivity index (χ2n) is 5.90. The maximum absolute atomic E-state index is 11.1. The summed E-state index contributed by atoms with van der Waals surface area (Å²) in [5.74, 6) is 2.37. The summed E-state index contributed by atoms with van der Waals surface area (Å²) in [6.07, 6.45) is 7.71. The van der Waals surface area contributed by atoms with Gasteiger partial charge in [-0.2, -0.15) is 0 Å². The molecule has 3 fully saturated rings.